The number of carboxylic acids is 1. The fraction of sp³-hybridized carbons (Fsp3) is 0.846. The molecule has 0 aliphatic rings. The van der Waals surface area contributed by atoms with Crippen LogP contribution >= 0.6 is 0 Å². The molecule has 0 bridgehead atoms. The van der Waals surface area contributed by atoms with E-state index in [1.54, 1.807) is 20.8 Å². The normalized spacial score (nSPS) is 11.5. The molecule has 0 aromatic heterocycles. The zero-order valence-corrected chi connectivity index (χ0v) is 12.5. The molecule has 2 amide bonds. The van der Waals surface area contributed by atoms with E-state index in [4.69, 9.17) is 9.84 Å². The maximum Gasteiger partial charge on any atom is 0.323 e. The first-order valence-electron chi connectivity index (χ1n) is 6.49. The molecule has 0 aliphatic heterocycles. The number of hydrogen-bond donors (Lipinski definition) is 2. The predicted molar refractivity (Wildman–Crippen MR) is 73.2 cm³/mol. The molecule has 112 valence electrons. The molecule has 0 fully saturated rings. The van der Waals surface area contributed by atoms with Crippen molar-refractivity contribution in [2.45, 2.75) is 40.2 Å². The molecule has 0 saturated carbocycles. The van der Waals surface area contributed by atoms with Crippen LogP contribution in [0.4, 0.5) is 4.79 Å². The molecule has 2 N–H and O–H groups in total. The molecule has 0 atom stereocenters. The Balaban J connectivity index is 4.16. The molecule has 0 saturated heterocycles. The number of carbonyl (C=O) groups is 2. The Morgan fingerprint density at radius 3 is 2.32 bits per heavy atom. The first kappa shape index (κ1) is 17.7. The highest BCUT2D eigenvalue weighted by Gasteiger charge is 2.28. The van der Waals surface area contributed by atoms with E-state index < -0.39 is 11.5 Å². The number of rotatable bonds is 7. The number of urea groups is 1. The molecule has 0 rings (SSSR count). The maximum absolute atomic E-state index is 11.9. The standard InChI is InChI=1S/C13H26N2O4/c1-10(2)9-19-7-6-14-12(18)15(8-11(16)17)13(3,4)5/h10H,6-9H2,1-5H3,(H,14,18)(H,16,17). The molecule has 6 heteroatoms. The van der Waals surface area contributed by atoms with Crippen molar-refractivity contribution in [1.82, 2.24) is 10.2 Å². The van der Waals surface area contributed by atoms with Crippen molar-refractivity contribution in [3.8, 4) is 0 Å². The van der Waals surface area contributed by atoms with Crippen LogP contribution in [-0.2, 0) is 9.53 Å². The fourth-order valence-corrected chi connectivity index (χ4v) is 1.39. The topological polar surface area (TPSA) is 78.9 Å². The van der Waals surface area contributed by atoms with Crippen molar-refractivity contribution >= 4 is 12.0 Å². The first-order chi connectivity index (χ1) is 8.64. The minimum absolute atomic E-state index is 0.317. The molecule has 0 heterocycles. The molecule has 0 aromatic rings. The summed E-state index contributed by atoms with van der Waals surface area (Å²) in [7, 11) is 0. The van der Waals surface area contributed by atoms with Gasteiger partial charge in [0.25, 0.3) is 0 Å². The van der Waals surface area contributed by atoms with Gasteiger partial charge in [-0.2, -0.15) is 0 Å². The number of carbonyl (C=O) groups excluding carboxylic acids is 1. The van der Waals surface area contributed by atoms with E-state index in [-0.39, 0.29) is 12.6 Å². The van der Waals surface area contributed by atoms with Crippen molar-refractivity contribution in [3.05, 3.63) is 0 Å². The van der Waals surface area contributed by atoms with Crippen LogP contribution in [0.15, 0.2) is 0 Å². The lowest BCUT2D eigenvalue weighted by atomic mass is 10.1. The molecule has 19 heavy (non-hydrogen) atoms. The first-order valence-corrected chi connectivity index (χ1v) is 6.49. The van der Waals surface area contributed by atoms with Gasteiger partial charge >= 0.3 is 12.0 Å². The summed E-state index contributed by atoms with van der Waals surface area (Å²) in [5, 5.41) is 11.5. The lowest BCUT2D eigenvalue weighted by molar-refractivity contribution is -0.138. The Labute approximate surface area is 115 Å². The highest BCUT2D eigenvalue weighted by atomic mass is 16.5. The van der Waals surface area contributed by atoms with Crippen molar-refractivity contribution in [3.63, 3.8) is 0 Å². The largest absolute Gasteiger partial charge is 0.480 e. The molecule has 0 aromatic carbocycles. The summed E-state index contributed by atoms with van der Waals surface area (Å²) >= 11 is 0. The van der Waals surface area contributed by atoms with Crippen LogP contribution in [0.1, 0.15) is 34.6 Å². The van der Waals surface area contributed by atoms with Crippen LogP contribution in [0.25, 0.3) is 0 Å². The van der Waals surface area contributed by atoms with Gasteiger partial charge in [0, 0.05) is 18.7 Å². The number of amides is 2. The van der Waals surface area contributed by atoms with Gasteiger partial charge in [-0.05, 0) is 26.7 Å². The highest BCUT2D eigenvalue weighted by molar-refractivity contribution is 5.80. The third-order valence-electron chi connectivity index (χ3n) is 2.32. The van der Waals surface area contributed by atoms with Gasteiger partial charge in [0.1, 0.15) is 6.54 Å². The van der Waals surface area contributed by atoms with E-state index in [2.05, 4.69) is 5.32 Å². The van der Waals surface area contributed by atoms with Crippen LogP contribution in [-0.4, -0.2) is 53.8 Å². The summed E-state index contributed by atoms with van der Waals surface area (Å²) in [5.41, 5.74) is -0.540. The van der Waals surface area contributed by atoms with E-state index in [0.29, 0.717) is 25.7 Å². The average molecular weight is 274 g/mol. The zero-order valence-electron chi connectivity index (χ0n) is 12.5. The number of hydrogen-bond acceptors (Lipinski definition) is 3. The molecular weight excluding hydrogens is 248 g/mol. The summed E-state index contributed by atoms with van der Waals surface area (Å²) < 4.78 is 5.34. The average Bonchev–Trinajstić information content (AvgIpc) is 2.23. The second-order valence-electron chi connectivity index (χ2n) is 5.85. The van der Waals surface area contributed by atoms with Gasteiger partial charge in [0.15, 0.2) is 0 Å². The second-order valence-corrected chi connectivity index (χ2v) is 5.85. The monoisotopic (exact) mass is 274 g/mol. The quantitative estimate of drug-likeness (QED) is 0.690. The van der Waals surface area contributed by atoms with Crippen LogP contribution in [0.3, 0.4) is 0 Å². The summed E-state index contributed by atoms with van der Waals surface area (Å²) in [6, 6.07) is -0.386. The van der Waals surface area contributed by atoms with Crippen molar-refractivity contribution in [1.29, 1.82) is 0 Å². The van der Waals surface area contributed by atoms with E-state index in [1.165, 1.54) is 4.90 Å². The Bertz CT molecular complexity index is 298. The Morgan fingerprint density at radius 1 is 1.32 bits per heavy atom. The highest BCUT2D eigenvalue weighted by Crippen LogP contribution is 2.12. The molecular formula is C13H26N2O4. The number of carboxylic acid groups (broad SMARTS) is 1. The fourth-order valence-electron chi connectivity index (χ4n) is 1.39. The van der Waals surface area contributed by atoms with Crippen LogP contribution in [0, 0.1) is 5.92 Å². The Hall–Kier alpha value is -1.30. The summed E-state index contributed by atoms with van der Waals surface area (Å²) in [5.74, 6) is -0.574. The van der Waals surface area contributed by atoms with Crippen LogP contribution in [0.5, 0.6) is 0 Å². The SMILES string of the molecule is CC(C)COCCNC(=O)N(CC(=O)O)C(C)(C)C. The van der Waals surface area contributed by atoms with E-state index >= 15 is 0 Å². The number of aliphatic carboxylic acids is 1. The van der Waals surface area contributed by atoms with Gasteiger partial charge < -0.3 is 20.1 Å². The number of ether oxygens (including phenoxy) is 1. The third kappa shape index (κ3) is 8.42. The third-order valence-corrected chi connectivity index (χ3v) is 2.32. The minimum Gasteiger partial charge on any atom is -0.480 e. The summed E-state index contributed by atoms with van der Waals surface area (Å²) in [4.78, 5) is 24.0. The molecule has 0 spiro atoms. The predicted octanol–water partition coefficient (Wildman–Crippen LogP) is 1.55. The molecule has 6 nitrogen and oxygen atoms in total. The minimum atomic E-state index is -1.03. The Kier molecular flexibility index (Phi) is 7.44. The van der Waals surface area contributed by atoms with E-state index in [9.17, 15) is 9.59 Å². The smallest absolute Gasteiger partial charge is 0.323 e. The van der Waals surface area contributed by atoms with Gasteiger partial charge in [0.2, 0.25) is 0 Å². The van der Waals surface area contributed by atoms with Crippen LogP contribution < -0.4 is 5.32 Å². The van der Waals surface area contributed by atoms with E-state index in [1.807, 2.05) is 13.8 Å². The Morgan fingerprint density at radius 2 is 1.89 bits per heavy atom. The van der Waals surface area contributed by atoms with Gasteiger partial charge in [0.05, 0.1) is 6.61 Å². The maximum atomic E-state index is 11.9. The van der Waals surface area contributed by atoms with Crippen molar-refractivity contribution in [2.24, 2.45) is 5.92 Å². The number of nitrogens with one attached hydrogen (secondary N) is 1. The molecule has 0 aliphatic carbocycles. The zero-order chi connectivity index (χ0) is 15.1. The summed E-state index contributed by atoms with van der Waals surface area (Å²) in [6.45, 7) is 10.6. The van der Waals surface area contributed by atoms with Crippen LogP contribution in [0.2, 0.25) is 0 Å². The van der Waals surface area contributed by atoms with E-state index in [0.717, 1.165) is 0 Å². The second kappa shape index (κ2) is 7.99. The van der Waals surface area contributed by atoms with Crippen molar-refractivity contribution < 1.29 is 19.4 Å². The molecule has 0 radical (unpaired) electrons. The van der Waals surface area contributed by atoms with Crippen molar-refractivity contribution in [2.75, 3.05) is 26.3 Å². The van der Waals surface area contributed by atoms with Gasteiger partial charge in [-0.1, -0.05) is 13.8 Å². The lowest BCUT2D eigenvalue weighted by Crippen LogP contribution is -2.52. The number of nitrogens with zero attached hydrogens (tertiary/aromatic N) is 1. The van der Waals surface area contributed by atoms with Gasteiger partial charge in [-0.25, -0.2) is 4.79 Å². The summed E-state index contributed by atoms with van der Waals surface area (Å²) in [6.07, 6.45) is 0. The molecule has 0 unspecified atom stereocenters. The van der Waals surface area contributed by atoms with Gasteiger partial charge in [-0.3, -0.25) is 4.79 Å². The lowest BCUT2D eigenvalue weighted by Gasteiger charge is -2.34. The van der Waals surface area contributed by atoms with Gasteiger partial charge in [-0.15, -0.1) is 0 Å².